The maximum absolute atomic E-state index is 11.4. The van der Waals surface area contributed by atoms with E-state index in [1.54, 1.807) is 0 Å². The Morgan fingerprint density at radius 2 is 1.28 bits per heavy atom. The molecule has 0 aliphatic carbocycles. The van der Waals surface area contributed by atoms with Crippen molar-refractivity contribution in [2.45, 2.75) is 71.1 Å². The van der Waals surface area contributed by atoms with E-state index in [0.717, 1.165) is 12.8 Å². The van der Waals surface area contributed by atoms with Gasteiger partial charge in [0, 0.05) is 0 Å². The number of hydrogen-bond donors (Lipinski definition) is 0. The number of unbranched alkanes of at least 4 members (excludes halogenated alkanes) is 9. The van der Waals surface area contributed by atoms with Crippen LogP contribution in [0.1, 0.15) is 71.1 Å². The highest BCUT2D eigenvalue weighted by atomic mass is 32.3. The zero-order valence-corrected chi connectivity index (χ0v) is 12.0. The molecule has 0 aliphatic rings. The molecule has 18 heavy (non-hydrogen) atoms. The largest absolute Gasteiger partial charge is 0.430 e. The van der Waals surface area contributed by atoms with Gasteiger partial charge in [0.25, 0.3) is 0 Å². The van der Waals surface area contributed by atoms with Crippen LogP contribution in [0.15, 0.2) is 0 Å². The average molecular weight is 284 g/mol. The van der Waals surface area contributed by atoms with Crippen molar-refractivity contribution in [1.82, 2.24) is 0 Å². The lowest BCUT2D eigenvalue weighted by atomic mass is 10.1. The van der Waals surface area contributed by atoms with Gasteiger partial charge in [0.1, 0.15) is 0 Å². The normalized spacial score (nSPS) is 11.9. The summed E-state index contributed by atoms with van der Waals surface area (Å²) in [4.78, 5) is 0. The van der Waals surface area contributed by atoms with Gasteiger partial charge in [-0.3, -0.25) is 0 Å². The fourth-order valence-corrected chi connectivity index (χ4v) is 2.13. The molecule has 0 heterocycles. The maximum Gasteiger partial charge on any atom is 0.430 e. The van der Waals surface area contributed by atoms with Gasteiger partial charge in [-0.2, -0.15) is 8.42 Å². The van der Waals surface area contributed by atoms with E-state index in [-0.39, 0.29) is 6.61 Å². The van der Waals surface area contributed by atoms with Crippen LogP contribution in [0.3, 0.4) is 0 Å². The summed E-state index contributed by atoms with van der Waals surface area (Å²) in [6.45, 7) is 2.19. The van der Waals surface area contributed by atoms with Crippen molar-refractivity contribution in [3.05, 3.63) is 0 Å². The molecule has 0 aromatic rings. The van der Waals surface area contributed by atoms with Crippen LogP contribution >= 0.6 is 0 Å². The average Bonchev–Trinajstić information content (AvgIpc) is 2.36. The van der Waals surface area contributed by atoms with Gasteiger partial charge in [0.2, 0.25) is 0 Å². The zero-order chi connectivity index (χ0) is 13.7. The van der Waals surface area contributed by atoms with E-state index >= 15 is 0 Å². The third-order valence-electron chi connectivity index (χ3n) is 2.80. The van der Waals surface area contributed by atoms with Gasteiger partial charge in [-0.05, 0) is 15.3 Å². The topological polar surface area (TPSA) is 52.6 Å². The van der Waals surface area contributed by atoms with Crippen molar-refractivity contribution in [3.8, 4) is 0 Å². The van der Waals surface area contributed by atoms with E-state index in [1.165, 1.54) is 44.9 Å². The van der Waals surface area contributed by atoms with Crippen molar-refractivity contribution in [3.63, 3.8) is 0 Å². The minimum atomic E-state index is -4.40. The van der Waals surface area contributed by atoms with Gasteiger partial charge in [-0.1, -0.05) is 64.7 Å². The summed E-state index contributed by atoms with van der Waals surface area (Å²) < 4.78 is 39.1. The van der Waals surface area contributed by atoms with Crippen LogP contribution in [0.5, 0.6) is 0 Å². The van der Waals surface area contributed by atoms with Crippen LogP contribution in [-0.4, -0.2) is 15.0 Å². The molecule has 0 saturated heterocycles. The first-order valence-corrected chi connectivity index (χ1v) is 8.15. The second kappa shape index (κ2) is 11.9. The Balaban J connectivity index is 3.12. The Morgan fingerprint density at radius 1 is 0.833 bits per heavy atom. The predicted octanol–water partition coefficient (Wildman–Crippen LogP) is 4.07. The minimum absolute atomic E-state index is 0.0112. The Kier molecular flexibility index (Phi) is 11.7. The molecule has 0 atom stereocenters. The molecule has 0 aliphatic heterocycles. The Labute approximate surface area is 110 Å². The Morgan fingerprint density at radius 3 is 1.72 bits per heavy atom. The second-order valence-corrected chi connectivity index (χ2v) is 5.65. The lowest BCUT2D eigenvalue weighted by Gasteiger charge is -2.02. The summed E-state index contributed by atoms with van der Waals surface area (Å²) in [5, 5.41) is 0. The first-order valence-electron chi connectivity index (χ1n) is 6.82. The highest BCUT2D eigenvalue weighted by Gasteiger charge is 2.10. The summed E-state index contributed by atoms with van der Waals surface area (Å²) in [6, 6.07) is 0. The molecule has 0 amide bonds. The maximum atomic E-state index is 11.4. The van der Waals surface area contributed by atoms with Crippen molar-refractivity contribution in [1.29, 1.82) is 0 Å². The summed E-state index contributed by atoms with van der Waals surface area (Å²) in [5.74, 6) is 0. The van der Waals surface area contributed by atoms with E-state index < -0.39 is 10.4 Å². The molecule has 0 unspecified atom stereocenters. The molecular formula is C12H25FO4S. The zero-order valence-electron chi connectivity index (χ0n) is 11.2. The summed E-state index contributed by atoms with van der Waals surface area (Å²) in [7, 11) is -4.40. The highest BCUT2D eigenvalue weighted by Crippen LogP contribution is 2.10. The highest BCUT2D eigenvalue weighted by molar-refractivity contribution is 7.81. The van der Waals surface area contributed by atoms with Crippen LogP contribution in [-0.2, 0) is 19.0 Å². The molecule has 0 rings (SSSR count). The predicted molar refractivity (Wildman–Crippen MR) is 68.9 cm³/mol. The molecule has 0 saturated carbocycles. The molecule has 0 radical (unpaired) electrons. The molecule has 0 fully saturated rings. The molecule has 0 spiro atoms. The van der Waals surface area contributed by atoms with Crippen LogP contribution in [0.25, 0.3) is 0 Å². The third kappa shape index (κ3) is 12.3. The van der Waals surface area contributed by atoms with E-state index in [1.807, 2.05) is 0 Å². The van der Waals surface area contributed by atoms with Crippen molar-refractivity contribution >= 4 is 10.4 Å². The summed E-state index contributed by atoms with van der Waals surface area (Å²) >= 11 is 0. The van der Waals surface area contributed by atoms with Crippen LogP contribution in [0.4, 0.5) is 4.53 Å². The van der Waals surface area contributed by atoms with Gasteiger partial charge in [0.05, 0.1) is 6.61 Å². The van der Waals surface area contributed by atoms with Crippen molar-refractivity contribution in [2.75, 3.05) is 6.61 Å². The minimum Gasteiger partial charge on any atom is -0.246 e. The monoisotopic (exact) mass is 284 g/mol. The smallest absolute Gasteiger partial charge is 0.246 e. The molecule has 0 N–H and O–H groups in total. The first-order chi connectivity index (χ1) is 8.62. The van der Waals surface area contributed by atoms with Crippen LogP contribution in [0, 0.1) is 0 Å². The molecule has 0 bridgehead atoms. The standard InChI is InChI=1S/C12H25FO4S/c1-2-3-4-5-6-7-8-9-10-11-12-16-18(14,15)17-13/h2-12H2,1H3. The molecule has 6 heteroatoms. The van der Waals surface area contributed by atoms with Gasteiger partial charge < -0.3 is 0 Å². The van der Waals surface area contributed by atoms with Gasteiger partial charge in [-0.25, -0.2) is 4.18 Å². The molecule has 4 nitrogen and oxygen atoms in total. The second-order valence-electron chi connectivity index (χ2n) is 4.48. The Hall–Kier alpha value is -0.200. The quantitative estimate of drug-likeness (QED) is 0.478. The lowest BCUT2D eigenvalue weighted by Crippen LogP contribution is -2.06. The van der Waals surface area contributed by atoms with Crippen molar-refractivity contribution in [2.24, 2.45) is 0 Å². The molecule has 110 valence electrons. The Bertz CT molecular complexity index is 267. The number of halogens is 1. The SMILES string of the molecule is CCCCCCCCCCCCOS(=O)(=O)OF. The summed E-state index contributed by atoms with van der Waals surface area (Å²) in [6.07, 6.45) is 11.5. The van der Waals surface area contributed by atoms with E-state index in [2.05, 4.69) is 15.5 Å². The van der Waals surface area contributed by atoms with E-state index in [4.69, 9.17) is 0 Å². The van der Waals surface area contributed by atoms with Gasteiger partial charge >= 0.3 is 10.4 Å². The van der Waals surface area contributed by atoms with Gasteiger partial charge in [-0.15, -0.1) is 0 Å². The van der Waals surface area contributed by atoms with Crippen LogP contribution in [0.2, 0.25) is 0 Å². The summed E-state index contributed by atoms with van der Waals surface area (Å²) in [5.41, 5.74) is 0. The first kappa shape index (κ1) is 17.8. The van der Waals surface area contributed by atoms with Crippen molar-refractivity contribution < 1.29 is 21.5 Å². The fourth-order valence-electron chi connectivity index (χ4n) is 1.77. The lowest BCUT2D eigenvalue weighted by molar-refractivity contribution is -0.0183. The molecule has 0 aromatic heterocycles. The third-order valence-corrected chi connectivity index (χ3v) is 3.41. The molecular weight excluding hydrogens is 259 g/mol. The molecule has 0 aromatic carbocycles. The van der Waals surface area contributed by atoms with E-state index in [9.17, 15) is 12.9 Å². The fraction of sp³-hybridized carbons (Fsp3) is 1.00. The number of rotatable bonds is 13. The van der Waals surface area contributed by atoms with E-state index in [0.29, 0.717) is 6.42 Å². The van der Waals surface area contributed by atoms with Gasteiger partial charge in [0.15, 0.2) is 0 Å². The number of hydrogen-bond acceptors (Lipinski definition) is 4. The van der Waals surface area contributed by atoms with Crippen LogP contribution < -0.4 is 0 Å².